The number of aromatic nitrogens is 2. The van der Waals surface area contributed by atoms with Gasteiger partial charge >= 0.3 is 12.2 Å². The number of carbonyl (C=O) groups excluding carboxylic acids is 2. The Bertz CT molecular complexity index is 995. The number of likely N-dealkylation sites (tertiary alicyclic amines) is 2. The van der Waals surface area contributed by atoms with E-state index >= 15 is 0 Å². The van der Waals surface area contributed by atoms with Gasteiger partial charge in [0.15, 0.2) is 0 Å². The molecule has 0 saturated carbocycles. The number of nitrogens with zero attached hydrogens (tertiary/aromatic N) is 4. The average Bonchev–Trinajstić information content (AvgIpc) is 3.49. The molecule has 0 radical (unpaired) electrons. The standard InChI is InChI=1S/2C14H19ClN2O2/c2*1-14(2,3)19-13(18)17-7-6-10(9-17)12-5-4-11(15)8-16-12/h2*4-5,8,10H,6-7,9H2,1-3H3. The molecule has 4 rings (SSSR count). The van der Waals surface area contributed by atoms with Crippen molar-refractivity contribution in [1.82, 2.24) is 19.8 Å². The summed E-state index contributed by atoms with van der Waals surface area (Å²) in [6.07, 6.45) is 4.62. The first-order valence-electron chi connectivity index (χ1n) is 12.9. The van der Waals surface area contributed by atoms with Crippen LogP contribution in [0.4, 0.5) is 9.59 Å². The van der Waals surface area contributed by atoms with Crippen LogP contribution in [0.5, 0.6) is 0 Å². The molecule has 2 atom stereocenters. The highest BCUT2D eigenvalue weighted by atomic mass is 35.5. The normalized spacial score (nSPS) is 19.6. The number of hydrogen-bond acceptors (Lipinski definition) is 6. The summed E-state index contributed by atoms with van der Waals surface area (Å²) in [6, 6.07) is 7.51. The monoisotopic (exact) mass is 564 g/mol. The van der Waals surface area contributed by atoms with Gasteiger partial charge in [0.2, 0.25) is 0 Å². The molecule has 0 bridgehead atoms. The van der Waals surface area contributed by atoms with Gasteiger partial charge in [0, 0.05) is 61.8 Å². The van der Waals surface area contributed by atoms with E-state index in [-0.39, 0.29) is 24.0 Å². The highest BCUT2D eigenvalue weighted by molar-refractivity contribution is 6.30. The maximum Gasteiger partial charge on any atom is 0.410 e. The van der Waals surface area contributed by atoms with E-state index in [1.807, 2.05) is 65.8 Å². The minimum atomic E-state index is -0.451. The zero-order valence-electron chi connectivity index (χ0n) is 23.0. The summed E-state index contributed by atoms with van der Waals surface area (Å²) in [5.41, 5.74) is 1.06. The maximum atomic E-state index is 12.0. The summed E-state index contributed by atoms with van der Waals surface area (Å²) in [5, 5.41) is 1.26. The molecule has 10 heteroatoms. The number of halogens is 2. The summed E-state index contributed by atoms with van der Waals surface area (Å²) in [4.78, 5) is 36.0. The Balaban J connectivity index is 0.000000211. The van der Waals surface area contributed by atoms with Gasteiger partial charge in [-0.3, -0.25) is 9.97 Å². The molecule has 2 unspecified atom stereocenters. The molecule has 38 heavy (non-hydrogen) atoms. The van der Waals surface area contributed by atoms with Crippen LogP contribution >= 0.6 is 23.2 Å². The molecule has 2 aromatic rings. The molecule has 8 nitrogen and oxygen atoms in total. The van der Waals surface area contributed by atoms with Crippen molar-refractivity contribution in [2.24, 2.45) is 0 Å². The molecule has 0 aliphatic carbocycles. The zero-order valence-corrected chi connectivity index (χ0v) is 24.6. The fourth-order valence-electron chi connectivity index (χ4n) is 4.25. The van der Waals surface area contributed by atoms with Crippen LogP contribution in [0, 0.1) is 0 Å². The second kappa shape index (κ2) is 12.5. The van der Waals surface area contributed by atoms with Crippen LogP contribution in [0.25, 0.3) is 0 Å². The van der Waals surface area contributed by atoms with E-state index in [4.69, 9.17) is 32.7 Å². The van der Waals surface area contributed by atoms with Crippen LogP contribution in [0.1, 0.15) is 77.6 Å². The molecular formula is C28H38Cl2N4O4. The minimum Gasteiger partial charge on any atom is -0.444 e. The number of amides is 2. The molecule has 0 aromatic carbocycles. The summed E-state index contributed by atoms with van der Waals surface area (Å²) in [5.74, 6) is 0.537. The molecule has 2 aliphatic heterocycles. The molecule has 208 valence electrons. The smallest absolute Gasteiger partial charge is 0.410 e. The number of ether oxygens (including phenoxy) is 2. The number of pyridine rings is 2. The van der Waals surface area contributed by atoms with Gasteiger partial charge in [0.05, 0.1) is 10.0 Å². The Morgan fingerprint density at radius 1 is 0.737 bits per heavy atom. The summed E-state index contributed by atoms with van der Waals surface area (Å²) in [7, 11) is 0. The Hall–Kier alpha value is -2.58. The van der Waals surface area contributed by atoms with Crippen LogP contribution in [0.2, 0.25) is 10.0 Å². The van der Waals surface area contributed by atoms with E-state index in [2.05, 4.69) is 9.97 Å². The first-order valence-corrected chi connectivity index (χ1v) is 13.6. The van der Waals surface area contributed by atoms with Gasteiger partial charge in [-0.25, -0.2) is 9.59 Å². The van der Waals surface area contributed by atoms with Gasteiger partial charge in [0.1, 0.15) is 11.2 Å². The van der Waals surface area contributed by atoms with Gasteiger partial charge in [-0.15, -0.1) is 0 Å². The lowest BCUT2D eigenvalue weighted by molar-refractivity contribution is 0.0282. The topological polar surface area (TPSA) is 84.9 Å². The lowest BCUT2D eigenvalue weighted by atomic mass is 10.0. The Kier molecular flexibility index (Phi) is 9.87. The third-order valence-electron chi connectivity index (χ3n) is 6.02. The fraction of sp³-hybridized carbons (Fsp3) is 0.571. The lowest BCUT2D eigenvalue weighted by Crippen LogP contribution is -2.35. The summed E-state index contributed by atoms with van der Waals surface area (Å²) >= 11 is 11.6. The van der Waals surface area contributed by atoms with E-state index in [1.165, 1.54) is 0 Å². The lowest BCUT2D eigenvalue weighted by Gasteiger charge is -2.24. The predicted molar refractivity (Wildman–Crippen MR) is 149 cm³/mol. The summed E-state index contributed by atoms with van der Waals surface area (Å²) < 4.78 is 10.7. The first-order chi connectivity index (χ1) is 17.7. The van der Waals surface area contributed by atoms with Gasteiger partial charge in [-0.1, -0.05) is 23.2 Å². The number of hydrogen-bond donors (Lipinski definition) is 0. The van der Waals surface area contributed by atoms with Gasteiger partial charge < -0.3 is 19.3 Å². The molecule has 2 saturated heterocycles. The van der Waals surface area contributed by atoms with Crippen molar-refractivity contribution in [3.05, 3.63) is 58.1 Å². The Morgan fingerprint density at radius 2 is 1.11 bits per heavy atom. The average molecular weight is 566 g/mol. The van der Waals surface area contributed by atoms with E-state index in [0.29, 0.717) is 36.2 Å². The minimum absolute atomic E-state index is 0.246. The van der Waals surface area contributed by atoms with Crippen molar-refractivity contribution >= 4 is 35.4 Å². The van der Waals surface area contributed by atoms with Crippen molar-refractivity contribution in [2.75, 3.05) is 26.2 Å². The van der Waals surface area contributed by atoms with Crippen molar-refractivity contribution in [2.45, 2.75) is 77.4 Å². The Labute approximate surface area is 235 Å². The molecule has 4 heterocycles. The van der Waals surface area contributed by atoms with Crippen LogP contribution in [-0.4, -0.2) is 69.3 Å². The number of rotatable bonds is 2. The van der Waals surface area contributed by atoms with E-state index in [1.54, 1.807) is 22.2 Å². The zero-order chi connectivity index (χ0) is 28.1. The Morgan fingerprint density at radius 3 is 1.39 bits per heavy atom. The second-order valence-electron chi connectivity index (χ2n) is 11.6. The molecule has 2 amide bonds. The molecular weight excluding hydrogens is 527 g/mol. The van der Waals surface area contributed by atoms with Crippen molar-refractivity contribution in [1.29, 1.82) is 0 Å². The number of carbonyl (C=O) groups is 2. The molecule has 0 spiro atoms. The molecule has 0 N–H and O–H groups in total. The van der Waals surface area contributed by atoms with Crippen molar-refractivity contribution in [3.63, 3.8) is 0 Å². The van der Waals surface area contributed by atoms with Crippen LogP contribution in [0.3, 0.4) is 0 Å². The predicted octanol–water partition coefficient (Wildman–Crippen LogP) is 6.92. The molecule has 2 aliphatic rings. The third kappa shape index (κ3) is 9.31. The first kappa shape index (κ1) is 30.0. The van der Waals surface area contributed by atoms with Gasteiger partial charge in [-0.2, -0.15) is 0 Å². The maximum absolute atomic E-state index is 12.0. The van der Waals surface area contributed by atoms with Crippen molar-refractivity contribution < 1.29 is 19.1 Å². The van der Waals surface area contributed by atoms with Gasteiger partial charge in [-0.05, 0) is 78.6 Å². The van der Waals surface area contributed by atoms with Crippen LogP contribution in [-0.2, 0) is 9.47 Å². The quantitative estimate of drug-likeness (QED) is 0.393. The fourth-order valence-corrected chi connectivity index (χ4v) is 4.47. The largest absolute Gasteiger partial charge is 0.444 e. The third-order valence-corrected chi connectivity index (χ3v) is 6.46. The van der Waals surface area contributed by atoms with Crippen LogP contribution < -0.4 is 0 Å². The molecule has 2 fully saturated rings. The van der Waals surface area contributed by atoms with E-state index in [0.717, 1.165) is 24.2 Å². The van der Waals surface area contributed by atoms with Crippen molar-refractivity contribution in [3.8, 4) is 0 Å². The van der Waals surface area contributed by atoms with Crippen LogP contribution in [0.15, 0.2) is 36.7 Å². The summed E-state index contributed by atoms with van der Waals surface area (Å²) in [6.45, 7) is 14.0. The van der Waals surface area contributed by atoms with Gasteiger partial charge in [0.25, 0.3) is 0 Å². The van der Waals surface area contributed by atoms with E-state index in [9.17, 15) is 9.59 Å². The SMILES string of the molecule is CC(C)(C)OC(=O)N1CCC(c2ccc(Cl)cn2)C1.CC(C)(C)OC(=O)N1CCC(c2ccc(Cl)cn2)C1. The highest BCUT2D eigenvalue weighted by Gasteiger charge is 2.32. The highest BCUT2D eigenvalue weighted by Crippen LogP contribution is 2.28. The second-order valence-corrected chi connectivity index (χ2v) is 12.5. The van der Waals surface area contributed by atoms with E-state index < -0.39 is 11.2 Å². The molecule has 2 aromatic heterocycles.